The zero-order chi connectivity index (χ0) is 13.2. The van der Waals surface area contributed by atoms with E-state index in [-0.39, 0.29) is 5.60 Å². The molecule has 2 rings (SSSR count). The molecule has 0 spiro atoms. The standard InChI is InChI=1S/C15H29NO2/c1-5-13-14(7-6-11(2)16-13)17-10-12-8-9-15(3,4)18-12/h11-14,16H,5-10H2,1-4H3. The fourth-order valence-electron chi connectivity index (χ4n) is 3.18. The van der Waals surface area contributed by atoms with E-state index in [1.165, 1.54) is 12.8 Å². The summed E-state index contributed by atoms with van der Waals surface area (Å²) < 4.78 is 12.1. The number of ether oxygens (including phenoxy) is 2. The Morgan fingerprint density at radius 3 is 2.67 bits per heavy atom. The van der Waals surface area contributed by atoms with Gasteiger partial charge in [0, 0.05) is 12.1 Å². The molecule has 106 valence electrons. The van der Waals surface area contributed by atoms with Gasteiger partial charge < -0.3 is 14.8 Å². The number of hydrogen-bond donors (Lipinski definition) is 1. The first-order chi connectivity index (χ1) is 8.50. The molecule has 2 aliphatic rings. The average Bonchev–Trinajstić information content (AvgIpc) is 2.67. The predicted molar refractivity (Wildman–Crippen MR) is 73.8 cm³/mol. The molecule has 0 saturated carbocycles. The van der Waals surface area contributed by atoms with Gasteiger partial charge in [0.1, 0.15) is 0 Å². The van der Waals surface area contributed by atoms with E-state index < -0.39 is 0 Å². The Morgan fingerprint density at radius 1 is 1.28 bits per heavy atom. The van der Waals surface area contributed by atoms with Crippen LogP contribution in [0.3, 0.4) is 0 Å². The minimum Gasteiger partial charge on any atom is -0.374 e. The van der Waals surface area contributed by atoms with Crippen molar-refractivity contribution in [3.63, 3.8) is 0 Å². The molecule has 18 heavy (non-hydrogen) atoms. The lowest BCUT2D eigenvalue weighted by Gasteiger charge is -2.36. The summed E-state index contributed by atoms with van der Waals surface area (Å²) >= 11 is 0. The van der Waals surface area contributed by atoms with Crippen LogP contribution in [-0.2, 0) is 9.47 Å². The minimum atomic E-state index is 0.0531. The van der Waals surface area contributed by atoms with Gasteiger partial charge in [-0.2, -0.15) is 0 Å². The first-order valence-electron chi connectivity index (χ1n) is 7.55. The lowest BCUT2D eigenvalue weighted by Crippen LogP contribution is -2.50. The van der Waals surface area contributed by atoms with Gasteiger partial charge >= 0.3 is 0 Å². The van der Waals surface area contributed by atoms with E-state index in [0.29, 0.717) is 24.3 Å². The van der Waals surface area contributed by atoms with E-state index in [2.05, 4.69) is 33.0 Å². The van der Waals surface area contributed by atoms with E-state index in [0.717, 1.165) is 25.9 Å². The highest BCUT2D eigenvalue weighted by Crippen LogP contribution is 2.30. The molecule has 0 radical (unpaired) electrons. The van der Waals surface area contributed by atoms with Crippen LogP contribution in [0.2, 0.25) is 0 Å². The average molecular weight is 255 g/mol. The molecule has 2 fully saturated rings. The smallest absolute Gasteiger partial charge is 0.0817 e. The fraction of sp³-hybridized carbons (Fsp3) is 1.00. The Morgan fingerprint density at radius 2 is 2.06 bits per heavy atom. The second-order valence-corrected chi connectivity index (χ2v) is 6.57. The summed E-state index contributed by atoms with van der Waals surface area (Å²) in [6.45, 7) is 9.61. The molecule has 2 saturated heterocycles. The van der Waals surface area contributed by atoms with Crippen molar-refractivity contribution in [2.45, 2.75) is 89.7 Å². The highest BCUT2D eigenvalue weighted by Gasteiger charge is 2.33. The van der Waals surface area contributed by atoms with Gasteiger partial charge in [0.2, 0.25) is 0 Å². The Bertz CT molecular complexity index is 267. The number of piperidine rings is 1. The summed E-state index contributed by atoms with van der Waals surface area (Å²) in [5, 5.41) is 3.64. The largest absolute Gasteiger partial charge is 0.374 e. The van der Waals surface area contributed by atoms with E-state index >= 15 is 0 Å². The van der Waals surface area contributed by atoms with Gasteiger partial charge in [-0.1, -0.05) is 6.92 Å². The van der Waals surface area contributed by atoms with Crippen molar-refractivity contribution < 1.29 is 9.47 Å². The maximum absolute atomic E-state index is 6.12. The van der Waals surface area contributed by atoms with Crippen LogP contribution in [-0.4, -0.2) is 36.5 Å². The van der Waals surface area contributed by atoms with Gasteiger partial charge in [-0.25, -0.2) is 0 Å². The number of nitrogens with one attached hydrogen (secondary N) is 1. The molecule has 0 aromatic carbocycles. The van der Waals surface area contributed by atoms with Gasteiger partial charge in [-0.05, 0) is 52.9 Å². The van der Waals surface area contributed by atoms with E-state index in [4.69, 9.17) is 9.47 Å². The van der Waals surface area contributed by atoms with Crippen LogP contribution in [0.25, 0.3) is 0 Å². The molecular weight excluding hydrogens is 226 g/mol. The zero-order valence-corrected chi connectivity index (χ0v) is 12.4. The quantitative estimate of drug-likeness (QED) is 0.838. The summed E-state index contributed by atoms with van der Waals surface area (Å²) in [6, 6.07) is 1.15. The Balaban J connectivity index is 1.76. The predicted octanol–water partition coefficient (Wildman–Crippen LogP) is 2.88. The third-order valence-corrected chi connectivity index (χ3v) is 4.32. The topological polar surface area (TPSA) is 30.5 Å². The summed E-state index contributed by atoms with van der Waals surface area (Å²) in [6.07, 6.45) is 6.52. The Hall–Kier alpha value is -0.120. The maximum Gasteiger partial charge on any atom is 0.0817 e. The third kappa shape index (κ3) is 3.69. The monoisotopic (exact) mass is 255 g/mol. The molecule has 0 aliphatic carbocycles. The molecule has 0 amide bonds. The molecule has 0 bridgehead atoms. The molecule has 4 unspecified atom stereocenters. The summed E-state index contributed by atoms with van der Waals surface area (Å²) in [5.74, 6) is 0. The Kier molecular flexibility index (Phi) is 4.68. The molecule has 3 heteroatoms. The molecule has 3 nitrogen and oxygen atoms in total. The van der Waals surface area contributed by atoms with Crippen molar-refractivity contribution in [2.24, 2.45) is 0 Å². The van der Waals surface area contributed by atoms with Crippen molar-refractivity contribution in [1.82, 2.24) is 5.32 Å². The molecule has 1 N–H and O–H groups in total. The Labute approximate surface area is 112 Å². The summed E-state index contributed by atoms with van der Waals surface area (Å²) in [4.78, 5) is 0. The molecular formula is C15H29NO2. The van der Waals surface area contributed by atoms with Crippen LogP contribution in [0.1, 0.15) is 59.8 Å². The fourth-order valence-corrected chi connectivity index (χ4v) is 3.18. The lowest BCUT2D eigenvalue weighted by atomic mass is 9.95. The zero-order valence-electron chi connectivity index (χ0n) is 12.4. The van der Waals surface area contributed by atoms with Crippen molar-refractivity contribution in [3.8, 4) is 0 Å². The first-order valence-corrected chi connectivity index (χ1v) is 7.55. The molecule has 2 aliphatic heterocycles. The van der Waals surface area contributed by atoms with Crippen LogP contribution >= 0.6 is 0 Å². The van der Waals surface area contributed by atoms with E-state index in [9.17, 15) is 0 Å². The van der Waals surface area contributed by atoms with Gasteiger partial charge in [0.25, 0.3) is 0 Å². The van der Waals surface area contributed by atoms with Gasteiger partial charge in [0.05, 0.1) is 24.4 Å². The second kappa shape index (κ2) is 5.89. The van der Waals surface area contributed by atoms with Crippen molar-refractivity contribution in [1.29, 1.82) is 0 Å². The third-order valence-electron chi connectivity index (χ3n) is 4.32. The van der Waals surface area contributed by atoms with Crippen LogP contribution in [0.4, 0.5) is 0 Å². The number of rotatable bonds is 4. The highest BCUT2D eigenvalue weighted by molar-refractivity contribution is 4.86. The normalized spacial score (nSPS) is 40.0. The van der Waals surface area contributed by atoms with Gasteiger partial charge in [0.15, 0.2) is 0 Å². The van der Waals surface area contributed by atoms with E-state index in [1.54, 1.807) is 0 Å². The summed E-state index contributed by atoms with van der Waals surface area (Å²) in [5.41, 5.74) is 0.0531. The molecule has 2 heterocycles. The maximum atomic E-state index is 6.12. The minimum absolute atomic E-state index is 0.0531. The van der Waals surface area contributed by atoms with Crippen molar-refractivity contribution in [3.05, 3.63) is 0 Å². The van der Waals surface area contributed by atoms with Crippen LogP contribution in [0, 0.1) is 0 Å². The molecule has 0 aromatic heterocycles. The molecule has 0 aromatic rings. The van der Waals surface area contributed by atoms with Crippen molar-refractivity contribution >= 4 is 0 Å². The van der Waals surface area contributed by atoms with Crippen LogP contribution in [0.5, 0.6) is 0 Å². The van der Waals surface area contributed by atoms with E-state index in [1.807, 2.05) is 0 Å². The summed E-state index contributed by atoms with van der Waals surface area (Å²) in [7, 11) is 0. The highest BCUT2D eigenvalue weighted by atomic mass is 16.6. The SMILES string of the molecule is CCC1NC(C)CCC1OCC1CCC(C)(C)O1. The first kappa shape index (κ1) is 14.3. The van der Waals surface area contributed by atoms with Crippen LogP contribution < -0.4 is 5.32 Å². The number of hydrogen-bond acceptors (Lipinski definition) is 3. The second-order valence-electron chi connectivity index (χ2n) is 6.57. The molecule has 4 atom stereocenters. The van der Waals surface area contributed by atoms with Gasteiger partial charge in [-0.3, -0.25) is 0 Å². The lowest BCUT2D eigenvalue weighted by molar-refractivity contribution is -0.0835. The van der Waals surface area contributed by atoms with Crippen molar-refractivity contribution in [2.75, 3.05) is 6.61 Å². The van der Waals surface area contributed by atoms with Gasteiger partial charge in [-0.15, -0.1) is 0 Å². The van der Waals surface area contributed by atoms with Crippen LogP contribution in [0.15, 0.2) is 0 Å².